The van der Waals surface area contributed by atoms with E-state index in [0.29, 0.717) is 0 Å². The van der Waals surface area contributed by atoms with E-state index in [1.807, 2.05) is 0 Å². The molecule has 8 heteroatoms. The lowest BCUT2D eigenvalue weighted by molar-refractivity contribution is -0.138. The van der Waals surface area contributed by atoms with Crippen molar-refractivity contribution >= 4 is 23.8 Å². The van der Waals surface area contributed by atoms with Gasteiger partial charge in [0, 0.05) is 13.1 Å². The fourth-order valence-electron chi connectivity index (χ4n) is 1.88. The number of likely N-dealkylation sites (N-methyl/N-ethyl adjacent to an activating group) is 1. The molecule has 0 radical (unpaired) electrons. The highest BCUT2D eigenvalue weighted by Crippen LogP contribution is 2.11. The Labute approximate surface area is 116 Å². The van der Waals surface area contributed by atoms with E-state index in [2.05, 4.69) is 10.6 Å². The molecule has 0 aromatic carbocycles. The van der Waals surface area contributed by atoms with Gasteiger partial charge in [0.05, 0.1) is 12.8 Å². The Kier molecular flexibility index (Phi) is 5.06. The van der Waals surface area contributed by atoms with E-state index in [-0.39, 0.29) is 24.7 Å². The zero-order chi connectivity index (χ0) is 15.4. The van der Waals surface area contributed by atoms with E-state index in [1.54, 1.807) is 13.8 Å². The minimum absolute atomic E-state index is 0.0690. The normalized spacial score (nSPS) is 20.2. The lowest BCUT2D eigenvalue weighted by Crippen LogP contribution is -2.50. The van der Waals surface area contributed by atoms with Crippen molar-refractivity contribution in [1.82, 2.24) is 15.5 Å². The van der Waals surface area contributed by atoms with E-state index in [0.717, 1.165) is 4.90 Å². The van der Waals surface area contributed by atoms with Crippen molar-refractivity contribution in [2.75, 3.05) is 7.05 Å². The van der Waals surface area contributed by atoms with Crippen LogP contribution in [0.1, 0.15) is 26.7 Å². The summed E-state index contributed by atoms with van der Waals surface area (Å²) in [6, 6.07) is -2.08. The second-order valence-electron chi connectivity index (χ2n) is 5.11. The van der Waals surface area contributed by atoms with Gasteiger partial charge in [-0.05, 0) is 5.92 Å². The molecule has 1 saturated heterocycles. The second kappa shape index (κ2) is 6.36. The van der Waals surface area contributed by atoms with Gasteiger partial charge < -0.3 is 15.7 Å². The fourth-order valence-corrected chi connectivity index (χ4v) is 1.88. The number of likely N-dealkylation sites (tertiary alicyclic amines) is 1. The highest BCUT2D eigenvalue weighted by molar-refractivity contribution is 6.06. The third kappa shape index (κ3) is 3.94. The van der Waals surface area contributed by atoms with Gasteiger partial charge in [-0.1, -0.05) is 13.8 Å². The molecule has 2 atom stereocenters. The van der Waals surface area contributed by atoms with Crippen LogP contribution in [0.5, 0.6) is 0 Å². The number of nitrogens with one attached hydrogen (secondary N) is 2. The summed E-state index contributed by atoms with van der Waals surface area (Å²) in [5.74, 6) is -1.91. The molecule has 1 heterocycles. The largest absolute Gasteiger partial charge is 0.481 e. The van der Waals surface area contributed by atoms with Crippen molar-refractivity contribution in [2.24, 2.45) is 5.92 Å². The molecule has 0 aliphatic carbocycles. The van der Waals surface area contributed by atoms with Crippen molar-refractivity contribution in [2.45, 2.75) is 38.8 Å². The number of hydrogen-bond donors (Lipinski definition) is 3. The zero-order valence-electron chi connectivity index (χ0n) is 11.7. The first-order chi connectivity index (χ1) is 9.22. The lowest BCUT2D eigenvalue weighted by atomic mass is 10.0. The van der Waals surface area contributed by atoms with Gasteiger partial charge in [-0.15, -0.1) is 0 Å². The highest BCUT2D eigenvalue weighted by atomic mass is 16.4. The van der Waals surface area contributed by atoms with Crippen LogP contribution in [0.25, 0.3) is 0 Å². The predicted molar refractivity (Wildman–Crippen MR) is 68.7 cm³/mol. The monoisotopic (exact) mass is 285 g/mol. The molecule has 1 aliphatic heterocycles. The van der Waals surface area contributed by atoms with Crippen LogP contribution in [0.15, 0.2) is 0 Å². The van der Waals surface area contributed by atoms with E-state index < -0.39 is 30.0 Å². The number of rotatable bonds is 5. The Balaban J connectivity index is 2.56. The molecule has 112 valence electrons. The van der Waals surface area contributed by atoms with Gasteiger partial charge in [-0.2, -0.15) is 0 Å². The topological polar surface area (TPSA) is 116 Å². The van der Waals surface area contributed by atoms with E-state index in [4.69, 9.17) is 5.11 Å². The Bertz CT molecular complexity index is 435. The minimum Gasteiger partial charge on any atom is -0.481 e. The fraction of sp³-hybridized carbons (Fsp3) is 0.667. The molecule has 20 heavy (non-hydrogen) atoms. The molecule has 0 aromatic rings. The molecule has 8 nitrogen and oxygen atoms in total. The van der Waals surface area contributed by atoms with Crippen LogP contribution in [0.3, 0.4) is 0 Å². The summed E-state index contributed by atoms with van der Waals surface area (Å²) in [6.45, 7) is 3.57. The van der Waals surface area contributed by atoms with Gasteiger partial charge in [0.1, 0.15) is 6.04 Å². The summed E-state index contributed by atoms with van der Waals surface area (Å²) in [4.78, 5) is 46.3. The van der Waals surface area contributed by atoms with Crippen molar-refractivity contribution in [1.29, 1.82) is 0 Å². The second-order valence-corrected chi connectivity index (χ2v) is 5.11. The number of hydrogen-bond acceptors (Lipinski definition) is 4. The van der Waals surface area contributed by atoms with Crippen molar-refractivity contribution < 1.29 is 24.3 Å². The third-order valence-corrected chi connectivity index (χ3v) is 3.20. The van der Waals surface area contributed by atoms with Crippen molar-refractivity contribution in [3.8, 4) is 0 Å². The van der Waals surface area contributed by atoms with Gasteiger partial charge in [0.2, 0.25) is 5.91 Å². The average molecular weight is 285 g/mol. The SMILES string of the molecule is CC(C)C(CC(=O)O)NC(=O)NC1CC(=O)N(C)C1=O. The summed E-state index contributed by atoms with van der Waals surface area (Å²) < 4.78 is 0. The van der Waals surface area contributed by atoms with E-state index in [1.165, 1.54) is 7.05 Å². The summed E-state index contributed by atoms with van der Waals surface area (Å²) in [6.07, 6.45) is -0.281. The summed E-state index contributed by atoms with van der Waals surface area (Å²) >= 11 is 0. The quantitative estimate of drug-likeness (QED) is 0.591. The molecule has 0 saturated carbocycles. The van der Waals surface area contributed by atoms with Crippen LogP contribution in [0.2, 0.25) is 0 Å². The molecule has 4 amide bonds. The standard InChI is InChI=1S/C12H19N3O5/c1-6(2)7(5-10(17)18)13-12(20)14-8-4-9(16)15(3)11(8)19/h6-8H,4-5H2,1-3H3,(H,17,18)(H2,13,14,20). The van der Waals surface area contributed by atoms with Crippen LogP contribution in [0, 0.1) is 5.92 Å². The van der Waals surface area contributed by atoms with Gasteiger partial charge in [-0.25, -0.2) is 4.79 Å². The number of carboxylic acid groups (broad SMARTS) is 1. The van der Waals surface area contributed by atoms with Crippen molar-refractivity contribution in [3.63, 3.8) is 0 Å². The Morgan fingerprint density at radius 1 is 1.40 bits per heavy atom. The molecule has 1 fully saturated rings. The maximum atomic E-state index is 11.8. The molecule has 3 N–H and O–H groups in total. The smallest absolute Gasteiger partial charge is 0.315 e. The highest BCUT2D eigenvalue weighted by Gasteiger charge is 2.37. The molecule has 2 unspecified atom stereocenters. The first-order valence-corrected chi connectivity index (χ1v) is 6.31. The van der Waals surface area contributed by atoms with E-state index >= 15 is 0 Å². The van der Waals surface area contributed by atoms with Crippen LogP contribution >= 0.6 is 0 Å². The summed E-state index contributed by atoms with van der Waals surface area (Å²) in [5.41, 5.74) is 0. The molecule has 0 spiro atoms. The van der Waals surface area contributed by atoms with Crippen molar-refractivity contribution in [3.05, 3.63) is 0 Å². The maximum absolute atomic E-state index is 11.8. The maximum Gasteiger partial charge on any atom is 0.315 e. The molecular formula is C12H19N3O5. The molecular weight excluding hydrogens is 266 g/mol. The van der Waals surface area contributed by atoms with Gasteiger partial charge >= 0.3 is 12.0 Å². The first kappa shape index (κ1) is 15.9. The average Bonchev–Trinajstić information content (AvgIpc) is 2.55. The van der Waals surface area contributed by atoms with Gasteiger partial charge in [-0.3, -0.25) is 19.3 Å². The third-order valence-electron chi connectivity index (χ3n) is 3.20. The molecule has 1 aliphatic rings. The molecule has 1 rings (SSSR count). The van der Waals surface area contributed by atoms with E-state index in [9.17, 15) is 19.2 Å². The zero-order valence-corrected chi connectivity index (χ0v) is 11.7. The number of nitrogens with zero attached hydrogens (tertiary/aromatic N) is 1. The summed E-state index contributed by atoms with van der Waals surface area (Å²) in [5, 5.41) is 13.7. The lowest BCUT2D eigenvalue weighted by Gasteiger charge is -2.21. The number of amides is 4. The van der Waals surface area contributed by atoms with Crippen LogP contribution in [0.4, 0.5) is 4.79 Å². The number of carbonyl (C=O) groups is 4. The predicted octanol–water partition coefficient (Wildman–Crippen LogP) is -0.458. The summed E-state index contributed by atoms with van der Waals surface area (Å²) in [7, 11) is 1.35. The number of urea groups is 1. The Morgan fingerprint density at radius 2 is 2.00 bits per heavy atom. The molecule has 0 bridgehead atoms. The number of carbonyl (C=O) groups excluding carboxylic acids is 3. The number of aliphatic carboxylic acids is 1. The Morgan fingerprint density at radius 3 is 2.40 bits per heavy atom. The van der Waals surface area contributed by atoms with Crippen LogP contribution in [-0.4, -0.2) is 53.0 Å². The number of imide groups is 1. The first-order valence-electron chi connectivity index (χ1n) is 6.31. The number of carboxylic acids is 1. The van der Waals surface area contributed by atoms with Crippen LogP contribution in [-0.2, 0) is 14.4 Å². The van der Waals surface area contributed by atoms with Gasteiger partial charge in [0.15, 0.2) is 0 Å². The molecule has 0 aromatic heterocycles. The van der Waals surface area contributed by atoms with Gasteiger partial charge in [0.25, 0.3) is 5.91 Å². The Hall–Kier alpha value is -2.12. The minimum atomic E-state index is -1.02. The van der Waals surface area contributed by atoms with Crippen LogP contribution < -0.4 is 10.6 Å².